The molecule has 3 N–H and O–H groups in total. The smallest absolute Gasteiger partial charge is 0.274 e. The van der Waals surface area contributed by atoms with Crippen LogP contribution in [-0.4, -0.2) is 59.9 Å². The summed E-state index contributed by atoms with van der Waals surface area (Å²) in [5, 5.41) is 7.39. The van der Waals surface area contributed by atoms with Crippen molar-refractivity contribution < 1.29 is 9.53 Å². The lowest BCUT2D eigenvalue weighted by atomic mass is 10.2. The molecule has 1 aliphatic heterocycles. The molecule has 0 saturated carbocycles. The molecule has 0 spiro atoms. The number of hydrogen-bond acceptors (Lipinski definition) is 5. The van der Waals surface area contributed by atoms with E-state index in [1.165, 1.54) is 0 Å². The lowest BCUT2D eigenvalue weighted by molar-refractivity contribution is 0.0638. The third-order valence-corrected chi connectivity index (χ3v) is 3.15. The Hall–Kier alpha value is -1.60. The maximum Gasteiger partial charge on any atom is 0.274 e. The quantitative estimate of drug-likeness (QED) is 0.707. The molecule has 0 radical (unpaired) electrons. The van der Waals surface area contributed by atoms with Gasteiger partial charge in [-0.05, 0) is 0 Å². The van der Waals surface area contributed by atoms with Crippen LogP contribution in [0, 0.1) is 0 Å². The van der Waals surface area contributed by atoms with E-state index in [9.17, 15) is 4.79 Å². The molecule has 2 rings (SSSR count). The van der Waals surface area contributed by atoms with E-state index in [0.29, 0.717) is 24.7 Å². The first-order chi connectivity index (χ1) is 8.67. The highest BCUT2D eigenvalue weighted by atomic mass is 16.5. The van der Waals surface area contributed by atoms with Crippen molar-refractivity contribution in [3.63, 3.8) is 0 Å². The fraction of sp³-hybridized carbons (Fsp3) is 0.636. The summed E-state index contributed by atoms with van der Waals surface area (Å²) in [7, 11) is 3.30. The maximum atomic E-state index is 12.4. The van der Waals surface area contributed by atoms with Crippen LogP contribution in [0.3, 0.4) is 0 Å². The SMILES string of the molecule is COc1cc(C(=O)N2CCNCC2CN)nn1C. The molecule has 1 atom stereocenters. The van der Waals surface area contributed by atoms with Crippen molar-refractivity contribution >= 4 is 5.91 Å². The Morgan fingerprint density at radius 3 is 3.11 bits per heavy atom. The van der Waals surface area contributed by atoms with E-state index in [0.717, 1.165) is 13.1 Å². The third-order valence-electron chi connectivity index (χ3n) is 3.15. The molecule has 0 aliphatic carbocycles. The second kappa shape index (κ2) is 5.36. The molecular weight excluding hydrogens is 234 g/mol. The number of carbonyl (C=O) groups excluding carboxylic acids is 1. The molecule has 18 heavy (non-hydrogen) atoms. The van der Waals surface area contributed by atoms with Crippen LogP contribution in [0.5, 0.6) is 5.88 Å². The molecule has 1 saturated heterocycles. The standard InChI is InChI=1S/C11H19N5O2/c1-15-10(18-2)5-9(14-15)11(17)16-4-3-13-7-8(16)6-12/h5,8,13H,3-4,6-7,12H2,1-2H3. The molecule has 2 heterocycles. The minimum absolute atomic E-state index is 0.0271. The van der Waals surface area contributed by atoms with Crippen LogP contribution >= 0.6 is 0 Å². The molecule has 1 aromatic heterocycles. The predicted molar refractivity (Wildman–Crippen MR) is 66.5 cm³/mol. The zero-order valence-corrected chi connectivity index (χ0v) is 10.7. The van der Waals surface area contributed by atoms with E-state index in [4.69, 9.17) is 10.5 Å². The number of nitrogens with one attached hydrogen (secondary N) is 1. The van der Waals surface area contributed by atoms with Crippen LogP contribution in [0.2, 0.25) is 0 Å². The van der Waals surface area contributed by atoms with Crippen LogP contribution in [0.15, 0.2) is 6.07 Å². The molecule has 1 fully saturated rings. The zero-order chi connectivity index (χ0) is 13.1. The monoisotopic (exact) mass is 253 g/mol. The first kappa shape index (κ1) is 12.8. The van der Waals surface area contributed by atoms with Crippen molar-refractivity contribution in [2.24, 2.45) is 12.8 Å². The van der Waals surface area contributed by atoms with Gasteiger partial charge in [0.1, 0.15) is 0 Å². The first-order valence-electron chi connectivity index (χ1n) is 5.97. The second-order valence-electron chi connectivity index (χ2n) is 4.29. The number of rotatable bonds is 3. The number of ether oxygens (including phenoxy) is 1. The Bertz CT molecular complexity index is 431. The van der Waals surface area contributed by atoms with E-state index in [-0.39, 0.29) is 11.9 Å². The number of aryl methyl sites for hydroxylation is 1. The lowest BCUT2D eigenvalue weighted by Gasteiger charge is -2.35. The molecule has 100 valence electrons. The summed E-state index contributed by atoms with van der Waals surface area (Å²) in [4.78, 5) is 14.1. The van der Waals surface area contributed by atoms with Gasteiger partial charge in [0.25, 0.3) is 5.91 Å². The fourth-order valence-electron chi connectivity index (χ4n) is 2.13. The molecule has 1 aromatic rings. The van der Waals surface area contributed by atoms with E-state index < -0.39 is 0 Å². The van der Waals surface area contributed by atoms with Gasteiger partial charge in [0.15, 0.2) is 5.69 Å². The number of aromatic nitrogens is 2. The van der Waals surface area contributed by atoms with Gasteiger partial charge in [-0.15, -0.1) is 0 Å². The minimum Gasteiger partial charge on any atom is -0.481 e. The molecule has 0 bridgehead atoms. The van der Waals surface area contributed by atoms with Crippen molar-refractivity contribution in [1.82, 2.24) is 20.0 Å². The molecule has 0 aromatic carbocycles. The van der Waals surface area contributed by atoms with Crippen LogP contribution in [0.25, 0.3) is 0 Å². The zero-order valence-electron chi connectivity index (χ0n) is 10.7. The van der Waals surface area contributed by atoms with Crippen molar-refractivity contribution in [3.8, 4) is 5.88 Å². The highest BCUT2D eigenvalue weighted by Crippen LogP contribution is 2.15. The lowest BCUT2D eigenvalue weighted by Crippen LogP contribution is -2.56. The van der Waals surface area contributed by atoms with Gasteiger partial charge in [-0.1, -0.05) is 0 Å². The van der Waals surface area contributed by atoms with Crippen LogP contribution in [0.4, 0.5) is 0 Å². The Kier molecular flexibility index (Phi) is 3.83. The van der Waals surface area contributed by atoms with Crippen molar-refractivity contribution in [1.29, 1.82) is 0 Å². The van der Waals surface area contributed by atoms with Crippen LogP contribution in [0.1, 0.15) is 10.5 Å². The molecule has 7 nitrogen and oxygen atoms in total. The Morgan fingerprint density at radius 1 is 1.72 bits per heavy atom. The summed E-state index contributed by atoms with van der Waals surface area (Å²) in [6.45, 7) is 2.61. The summed E-state index contributed by atoms with van der Waals surface area (Å²) in [5.74, 6) is 0.476. The van der Waals surface area contributed by atoms with Gasteiger partial charge < -0.3 is 20.7 Å². The molecule has 1 unspecified atom stereocenters. The second-order valence-corrected chi connectivity index (χ2v) is 4.29. The average molecular weight is 253 g/mol. The maximum absolute atomic E-state index is 12.4. The van der Waals surface area contributed by atoms with E-state index >= 15 is 0 Å². The van der Waals surface area contributed by atoms with Crippen LogP contribution in [-0.2, 0) is 7.05 Å². The van der Waals surface area contributed by atoms with Gasteiger partial charge in [0.05, 0.1) is 13.2 Å². The number of hydrogen-bond donors (Lipinski definition) is 2. The Labute approximate surface area is 106 Å². The highest BCUT2D eigenvalue weighted by Gasteiger charge is 2.28. The average Bonchev–Trinajstić information content (AvgIpc) is 2.79. The van der Waals surface area contributed by atoms with E-state index in [2.05, 4.69) is 10.4 Å². The number of amides is 1. The fourth-order valence-corrected chi connectivity index (χ4v) is 2.13. The first-order valence-corrected chi connectivity index (χ1v) is 5.97. The van der Waals surface area contributed by atoms with E-state index in [1.54, 1.807) is 29.8 Å². The van der Waals surface area contributed by atoms with Gasteiger partial charge in [-0.25, -0.2) is 4.68 Å². The number of methoxy groups -OCH3 is 1. The summed E-state index contributed by atoms with van der Waals surface area (Å²) in [5.41, 5.74) is 6.08. The topological polar surface area (TPSA) is 85.4 Å². The summed E-state index contributed by atoms with van der Waals surface area (Å²) in [6.07, 6.45) is 0. The van der Waals surface area contributed by atoms with Gasteiger partial charge in [0.2, 0.25) is 5.88 Å². The predicted octanol–water partition coefficient (Wildman–Crippen LogP) is -1.20. The molecule has 1 amide bonds. The number of nitrogens with zero attached hydrogens (tertiary/aromatic N) is 3. The highest BCUT2D eigenvalue weighted by molar-refractivity contribution is 5.93. The Balaban J connectivity index is 2.18. The van der Waals surface area contributed by atoms with Gasteiger partial charge in [0, 0.05) is 39.3 Å². The molecular formula is C11H19N5O2. The van der Waals surface area contributed by atoms with Gasteiger partial charge in [-0.3, -0.25) is 4.79 Å². The summed E-state index contributed by atoms with van der Waals surface area (Å²) < 4.78 is 6.66. The Morgan fingerprint density at radius 2 is 2.50 bits per heavy atom. The van der Waals surface area contributed by atoms with E-state index in [1.807, 2.05) is 0 Å². The molecule has 1 aliphatic rings. The van der Waals surface area contributed by atoms with Gasteiger partial charge >= 0.3 is 0 Å². The number of carbonyl (C=O) groups is 1. The number of piperazine rings is 1. The number of nitrogens with two attached hydrogens (primary N) is 1. The summed E-state index contributed by atoms with van der Waals surface area (Å²) in [6, 6.07) is 1.68. The normalized spacial score (nSPS) is 19.9. The van der Waals surface area contributed by atoms with Crippen molar-refractivity contribution in [3.05, 3.63) is 11.8 Å². The largest absolute Gasteiger partial charge is 0.481 e. The van der Waals surface area contributed by atoms with Crippen molar-refractivity contribution in [2.45, 2.75) is 6.04 Å². The van der Waals surface area contributed by atoms with Crippen LogP contribution < -0.4 is 15.8 Å². The van der Waals surface area contributed by atoms with Gasteiger partial charge in [-0.2, -0.15) is 5.10 Å². The third kappa shape index (κ3) is 2.32. The summed E-state index contributed by atoms with van der Waals surface area (Å²) >= 11 is 0. The molecule has 7 heteroatoms. The minimum atomic E-state index is -0.0918. The van der Waals surface area contributed by atoms with Crippen molar-refractivity contribution in [2.75, 3.05) is 33.3 Å².